The van der Waals surface area contributed by atoms with Gasteiger partial charge in [0.05, 0.1) is 54.7 Å². The van der Waals surface area contributed by atoms with E-state index >= 15 is 0 Å². The van der Waals surface area contributed by atoms with Crippen molar-refractivity contribution in [1.82, 2.24) is 0 Å². The van der Waals surface area contributed by atoms with Gasteiger partial charge in [-0.2, -0.15) is 0 Å². The van der Waals surface area contributed by atoms with Gasteiger partial charge in [-0.05, 0) is 32.6 Å². The Morgan fingerprint density at radius 1 is 0.981 bits per heavy atom. The molecule has 0 radical (unpaired) electrons. The Hall–Kier alpha value is -2.83. The number of fused-ring (bicyclic) bond motifs is 2. The summed E-state index contributed by atoms with van der Waals surface area (Å²) in [6.45, 7) is 5.27. The number of allylic oxidation sites excluding steroid dienone is 6. The fraction of sp³-hybridized carbons (Fsp3) is 0.718. The molecule has 9 N–H and O–H groups in total. The third kappa shape index (κ3) is 13.7. The lowest BCUT2D eigenvalue weighted by Crippen LogP contribution is -2.61. The molecule has 15 nitrogen and oxygen atoms in total. The summed E-state index contributed by atoms with van der Waals surface area (Å²) in [5.74, 6) is -6.81. The summed E-state index contributed by atoms with van der Waals surface area (Å²) in [5.41, 5.74) is 6.00. The zero-order valence-electron chi connectivity index (χ0n) is 31.5. The van der Waals surface area contributed by atoms with Gasteiger partial charge in [0.15, 0.2) is 12.1 Å². The van der Waals surface area contributed by atoms with Crippen LogP contribution in [0.3, 0.4) is 0 Å². The van der Waals surface area contributed by atoms with Gasteiger partial charge in [-0.25, -0.2) is 0 Å². The lowest BCUT2D eigenvalue weighted by molar-refractivity contribution is -0.308. The molecule has 54 heavy (non-hydrogen) atoms. The highest BCUT2D eigenvalue weighted by Gasteiger charge is 2.50. The Kier molecular flexibility index (Phi) is 18.6. The van der Waals surface area contributed by atoms with Crippen molar-refractivity contribution in [1.29, 1.82) is 0 Å². The first-order valence-corrected chi connectivity index (χ1v) is 19.1. The predicted molar refractivity (Wildman–Crippen MR) is 195 cm³/mol. The fourth-order valence-corrected chi connectivity index (χ4v) is 7.15. The number of carboxylic acids is 1. The van der Waals surface area contributed by atoms with Gasteiger partial charge < -0.3 is 60.4 Å². The molecule has 1 unspecified atom stereocenters. The van der Waals surface area contributed by atoms with Crippen LogP contribution in [-0.4, -0.2) is 127 Å². The van der Waals surface area contributed by atoms with Crippen molar-refractivity contribution in [2.45, 2.75) is 164 Å². The molecule has 0 spiro atoms. The molecule has 0 aliphatic carbocycles. The van der Waals surface area contributed by atoms with E-state index in [2.05, 4.69) is 0 Å². The van der Waals surface area contributed by atoms with Crippen LogP contribution in [0.2, 0.25) is 0 Å². The predicted octanol–water partition coefficient (Wildman–Crippen LogP) is 1.70. The highest BCUT2D eigenvalue weighted by atomic mass is 16.7. The second kappa shape index (κ2) is 22.0. The maximum atomic E-state index is 13.0. The number of carbonyl (C=O) groups is 3. The molecule has 3 rings (SSSR count). The molecule has 15 heteroatoms. The van der Waals surface area contributed by atoms with Crippen molar-refractivity contribution in [2.75, 3.05) is 0 Å². The van der Waals surface area contributed by atoms with E-state index < -0.39 is 110 Å². The Labute approximate surface area is 317 Å². The van der Waals surface area contributed by atoms with Crippen LogP contribution in [0, 0.1) is 11.8 Å². The minimum absolute atomic E-state index is 0.0177. The molecule has 2 bridgehead atoms. The van der Waals surface area contributed by atoms with Crippen LogP contribution < -0.4 is 5.73 Å². The summed E-state index contributed by atoms with van der Waals surface area (Å²) < 4.78 is 23.4. The molecule has 2 saturated heterocycles. The number of cyclic esters (lactones) is 1. The fourth-order valence-electron chi connectivity index (χ4n) is 7.15. The molecule has 2 fully saturated rings. The van der Waals surface area contributed by atoms with E-state index in [1.807, 2.05) is 13.0 Å². The Balaban J connectivity index is 1.90. The number of carboxylic acid groups (broad SMARTS) is 1. The lowest BCUT2D eigenvalue weighted by atomic mass is 9.83. The monoisotopic (exact) mass is 767 g/mol. The average molecular weight is 768 g/mol. The minimum Gasteiger partial charge on any atom is -0.481 e. The number of aliphatic hydroxyl groups excluding tert-OH is 5. The highest BCUT2D eigenvalue weighted by molar-refractivity contribution is 5.80. The van der Waals surface area contributed by atoms with Gasteiger partial charge in [0, 0.05) is 38.5 Å². The number of aliphatic carboxylic acids is 1. The van der Waals surface area contributed by atoms with Crippen LogP contribution in [0.1, 0.15) is 91.4 Å². The molecule has 3 aliphatic rings. The Morgan fingerprint density at radius 2 is 1.67 bits per heavy atom. The molecular formula is C39H61NO14. The maximum absolute atomic E-state index is 13.0. The quantitative estimate of drug-likeness (QED) is 0.179. The number of esters is 1. The summed E-state index contributed by atoms with van der Waals surface area (Å²) in [6.07, 6.45) is 2.99. The smallest absolute Gasteiger partial charge is 0.311 e. The third-order valence-electron chi connectivity index (χ3n) is 10.2. The van der Waals surface area contributed by atoms with Crippen LogP contribution in [0.15, 0.2) is 48.6 Å². The number of ether oxygens (including phenoxy) is 4. The van der Waals surface area contributed by atoms with E-state index in [-0.39, 0.29) is 44.3 Å². The zero-order chi connectivity index (χ0) is 40.0. The van der Waals surface area contributed by atoms with Gasteiger partial charge in [-0.1, -0.05) is 68.9 Å². The van der Waals surface area contributed by atoms with Crippen molar-refractivity contribution >= 4 is 17.7 Å². The number of hydrogen-bond donors (Lipinski definition) is 8. The molecule has 14 atom stereocenters. The molecule has 0 aromatic rings. The second-order valence-electron chi connectivity index (χ2n) is 14.7. The normalized spacial score (nSPS) is 42.3. The second-order valence-corrected chi connectivity index (χ2v) is 14.7. The van der Waals surface area contributed by atoms with Crippen molar-refractivity contribution in [3.63, 3.8) is 0 Å². The number of aliphatic hydroxyl groups is 6. The van der Waals surface area contributed by atoms with Crippen molar-refractivity contribution in [2.24, 2.45) is 17.6 Å². The molecule has 0 amide bonds. The highest BCUT2D eigenvalue weighted by Crippen LogP contribution is 2.38. The van der Waals surface area contributed by atoms with Crippen molar-refractivity contribution < 1.29 is 69.1 Å². The maximum Gasteiger partial charge on any atom is 0.311 e. The van der Waals surface area contributed by atoms with E-state index in [0.29, 0.717) is 12.8 Å². The Morgan fingerprint density at radius 3 is 2.33 bits per heavy atom. The van der Waals surface area contributed by atoms with Gasteiger partial charge in [0.1, 0.15) is 23.9 Å². The van der Waals surface area contributed by atoms with Crippen molar-refractivity contribution in [3.05, 3.63) is 48.6 Å². The standard InChI is InChI=1S/C39H61NO14/c1-4-14-26-17-11-9-7-6-8-10-12-18-27(53-38-35(46)33(40)34(45)23(3)51-38)20-31-32(36(47)48)30(44)22-39(50,54-31)21-25(42)16-13-15-24(41)19-29(43)28(5-2)37(49)52-26/h6-12,18,23,25-35,38,42-46,50H,4-5,13-17,19-22,40H2,1-3H3,(H,47,48)/b7-6+,10-8+,11-9+,18-12+/t23-,25+,26?,27+,28+,29-,30+,31+,32-,33+,34-,35+,38+,39-/m1/s1. The molecule has 306 valence electrons. The number of carbonyl (C=O) groups excluding carboxylic acids is 2. The first-order valence-electron chi connectivity index (χ1n) is 19.1. The first kappa shape index (κ1) is 45.6. The SMILES string of the molecule is CCCC1C/C=C/C=C/C=C/C=C/[C@H](O[C@@H]2O[C@H](C)[C@@H](O)[C@H](N)[C@@H]2O)C[C@@H]2O[C@](O)(C[C@@H](O)CCCC(=O)C[C@@H](O)[C@H](CC)C(=O)O1)C[C@H](O)[C@H]2C(=O)O. The summed E-state index contributed by atoms with van der Waals surface area (Å²) >= 11 is 0. The zero-order valence-corrected chi connectivity index (χ0v) is 31.5. The molecule has 3 heterocycles. The van der Waals surface area contributed by atoms with Gasteiger partial charge in [-0.3, -0.25) is 14.4 Å². The van der Waals surface area contributed by atoms with E-state index in [1.54, 1.807) is 56.4 Å². The molecule has 0 aromatic carbocycles. The summed E-state index contributed by atoms with van der Waals surface area (Å²) in [6, 6.07) is -1.10. The van der Waals surface area contributed by atoms with Crippen LogP contribution in [0.25, 0.3) is 0 Å². The van der Waals surface area contributed by atoms with E-state index in [9.17, 15) is 50.1 Å². The summed E-state index contributed by atoms with van der Waals surface area (Å²) in [5, 5.41) is 75.1. The van der Waals surface area contributed by atoms with E-state index in [0.717, 1.165) is 6.42 Å². The third-order valence-corrected chi connectivity index (χ3v) is 10.2. The van der Waals surface area contributed by atoms with E-state index in [4.69, 9.17) is 24.7 Å². The Bertz CT molecular complexity index is 1320. The van der Waals surface area contributed by atoms with Crippen LogP contribution in [-0.2, 0) is 33.3 Å². The van der Waals surface area contributed by atoms with Gasteiger partial charge >= 0.3 is 11.9 Å². The number of nitrogens with two attached hydrogens (primary N) is 1. The van der Waals surface area contributed by atoms with Gasteiger partial charge in [-0.15, -0.1) is 0 Å². The largest absolute Gasteiger partial charge is 0.481 e. The van der Waals surface area contributed by atoms with Crippen molar-refractivity contribution in [3.8, 4) is 0 Å². The van der Waals surface area contributed by atoms with Gasteiger partial charge in [0.2, 0.25) is 0 Å². The summed E-state index contributed by atoms with van der Waals surface area (Å²) in [4.78, 5) is 38.2. The average Bonchev–Trinajstić information content (AvgIpc) is 3.08. The van der Waals surface area contributed by atoms with Crippen LogP contribution >= 0.6 is 0 Å². The number of hydrogen-bond acceptors (Lipinski definition) is 14. The van der Waals surface area contributed by atoms with Crippen LogP contribution in [0.4, 0.5) is 0 Å². The van der Waals surface area contributed by atoms with E-state index in [1.165, 1.54) is 0 Å². The molecule has 0 aromatic heterocycles. The number of rotatable bonds is 6. The first-order chi connectivity index (χ1) is 25.6. The molecule has 0 saturated carbocycles. The lowest BCUT2D eigenvalue weighted by Gasteiger charge is -2.45. The van der Waals surface area contributed by atoms with Gasteiger partial charge in [0.25, 0.3) is 0 Å². The number of ketones is 1. The van der Waals surface area contributed by atoms with Crippen LogP contribution in [0.5, 0.6) is 0 Å². The summed E-state index contributed by atoms with van der Waals surface area (Å²) in [7, 11) is 0. The topological polar surface area (TPSA) is 256 Å². The molecular weight excluding hydrogens is 706 g/mol. The minimum atomic E-state index is -2.15. The number of Topliss-reactive ketones (excluding diaryl/α,β-unsaturated/α-hetero) is 1. The molecule has 3 aliphatic heterocycles.